The largest absolute Gasteiger partial charge is 0.426 e. The summed E-state index contributed by atoms with van der Waals surface area (Å²) in [5, 5.41) is 13.7. The van der Waals surface area contributed by atoms with Crippen LogP contribution in [-0.2, 0) is 11.2 Å². The first-order chi connectivity index (χ1) is 16.9. The van der Waals surface area contributed by atoms with Crippen LogP contribution in [0.15, 0.2) is 30.6 Å². The standard InChI is InChI=1S/C22H21F4N7O3/c1-21(36,22(24,25)26)19(35)31-9-14(23)16(10-31)32-4-3-15-13(18(32)34)6-12(8-28-15)11-2-5-33-17(7-11)29-20(27)30-33/h2,5-8,14,16,36H,3-4,9-10H2,1H3,(H2,27,30)/t14?,16?,21-/m1/s1. The Morgan fingerprint density at radius 1 is 1.22 bits per heavy atom. The quantitative estimate of drug-likeness (QED) is 0.510. The molecule has 0 saturated carbocycles. The molecule has 3 aromatic heterocycles. The smallest absolute Gasteiger partial charge is 0.373 e. The van der Waals surface area contributed by atoms with Crippen LogP contribution >= 0.6 is 0 Å². The van der Waals surface area contributed by atoms with Crippen LogP contribution in [0.5, 0.6) is 0 Å². The highest BCUT2D eigenvalue weighted by Gasteiger charge is 2.58. The number of amides is 2. The first kappa shape index (κ1) is 23.9. The van der Waals surface area contributed by atoms with Gasteiger partial charge in [0.05, 0.1) is 23.8 Å². The summed E-state index contributed by atoms with van der Waals surface area (Å²) in [6, 6.07) is 3.91. The number of hydrogen-bond donors (Lipinski definition) is 2. The summed E-state index contributed by atoms with van der Waals surface area (Å²) >= 11 is 0. The summed E-state index contributed by atoms with van der Waals surface area (Å²) in [5.74, 6) is -2.09. The molecule has 0 bridgehead atoms. The first-order valence-electron chi connectivity index (χ1n) is 11.0. The Labute approximate surface area is 201 Å². The molecule has 0 aromatic carbocycles. The second-order valence-electron chi connectivity index (χ2n) is 9.02. The van der Waals surface area contributed by atoms with Crippen LogP contribution in [0.3, 0.4) is 0 Å². The van der Waals surface area contributed by atoms with Crippen LogP contribution in [0, 0.1) is 0 Å². The lowest BCUT2D eigenvalue weighted by molar-refractivity contribution is -0.249. The maximum atomic E-state index is 14.9. The van der Waals surface area contributed by atoms with Gasteiger partial charge in [0.25, 0.3) is 11.8 Å². The van der Waals surface area contributed by atoms with Crippen LogP contribution < -0.4 is 5.73 Å². The van der Waals surface area contributed by atoms with Crippen LogP contribution in [0.2, 0.25) is 0 Å². The molecule has 0 aliphatic carbocycles. The number of aliphatic hydroxyl groups is 1. The molecule has 5 heterocycles. The van der Waals surface area contributed by atoms with Crippen LogP contribution in [0.4, 0.5) is 23.5 Å². The Morgan fingerprint density at radius 3 is 2.69 bits per heavy atom. The molecule has 3 aromatic rings. The lowest BCUT2D eigenvalue weighted by atomic mass is 9.98. The van der Waals surface area contributed by atoms with E-state index in [0.29, 0.717) is 40.7 Å². The van der Waals surface area contributed by atoms with Crippen molar-refractivity contribution in [3.8, 4) is 11.1 Å². The highest BCUT2D eigenvalue weighted by Crippen LogP contribution is 2.34. The lowest BCUT2D eigenvalue weighted by Gasteiger charge is -2.34. The number of nitrogens with zero attached hydrogens (tertiary/aromatic N) is 6. The fraction of sp³-hybridized carbons (Fsp3) is 0.409. The molecular formula is C22H21F4N7O3. The Bertz CT molecular complexity index is 1370. The molecule has 2 unspecified atom stereocenters. The number of carbonyl (C=O) groups is 2. The first-order valence-corrected chi connectivity index (χ1v) is 11.0. The van der Waals surface area contributed by atoms with Gasteiger partial charge in [0.2, 0.25) is 11.5 Å². The van der Waals surface area contributed by atoms with Crippen LogP contribution in [0.1, 0.15) is 23.0 Å². The molecule has 1 saturated heterocycles. The molecule has 2 aliphatic heterocycles. The van der Waals surface area contributed by atoms with Gasteiger partial charge < -0.3 is 20.6 Å². The van der Waals surface area contributed by atoms with E-state index in [1.807, 2.05) is 0 Å². The molecule has 0 radical (unpaired) electrons. The second kappa shape index (κ2) is 8.11. The number of anilines is 1. The Balaban J connectivity index is 1.39. The number of fused-ring (bicyclic) bond motifs is 2. The van der Waals surface area contributed by atoms with E-state index in [-0.39, 0.29) is 18.1 Å². The van der Waals surface area contributed by atoms with E-state index in [0.717, 1.165) is 0 Å². The monoisotopic (exact) mass is 507 g/mol. The van der Waals surface area contributed by atoms with Crippen molar-refractivity contribution < 1.29 is 32.3 Å². The Hall–Kier alpha value is -3.81. The van der Waals surface area contributed by atoms with Gasteiger partial charge in [-0.05, 0) is 30.7 Å². The molecular weight excluding hydrogens is 486 g/mol. The number of aromatic nitrogens is 4. The zero-order chi connectivity index (χ0) is 26.0. The minimum absolute atomic E-state index is 0.0892. The average molecular weight is 507 g/mol. The van der Waals surface area contributed by atoms with Crippen molar-refractivity contribution >= 4 is 23.4 Å². The zero-order valence-electron chi connectivity index (χ0n) is 18.9. The topological polar surface area (TPSA) is 130 Å². The second-order valence-corrected chi connectivity index (χ2v) is 9.02. The van der Waals surface area contributed by atoms with Crippen molar-refractivity contribution in [3.63, 3.8) is 0 Å². The minimum atomic E-state index is -5.23. The van der Waals surface area contributed by atoms with Gasteiger partial charge in [-0.2, -0.15) is 18.2 Å². The number of carbonyl (C=O) groups excluding carboxylic acids is 2. The fourth-order valence-corrected chi connectivity index (χ4v) is 4.55. The number of halogens is 4. The maximum absolute atomic E-state index is 14.9. The molecule has 10 nitrogen and oxygen atoms in total. The third-order valence-corrected chi connectivity index (χ3v) is 6.61. The molecule has 5 rings (SSSR count). The van der Waals surface area contributed by atoms with Crippen molar-refractivity contribution in [2.75, 3.05) is 25.4 Å². The SMILES string of the molecule is C[C@@](O)(C(=O)N1CC(F)C(N2CCc3ncc(-c4ccn5nc(N)nc5c4)cc3C2=O)C1)C(F)(F)F. The molecule has 3 atom stereocenters. The fourth-order valence-electron chi connectivity index (χ4n) is 4.55. The van der Waals surface area contributed by atoms with Gasteiger partial charge in [0, 0.05) is 37.5 Å². The molecule has 190 valence electrons. The summed E-state index contributed by atoms with van der Waals surface area (Å²) in [4.78, 5) is 36.0. The zero-order valence-corrected chi connectivity index (χ0v) is 18.9. The molecule has 36 heavy (non-hydrogen) atoms. The number of nitrogens with two attached hydrogens (primary N) is 1. The van der Waals surface area contributed by atoms with E-state index in [9.17, 15) is 32.3 Å². The van der Waals surface area contributed by atoms with E-state index in [1.165, 1.54) is 9.42 Å². The highest BCUT2D eigenvalue weighted by atomic mass is 19.4. The molecule has 1 fully saturated rings. The van der Waals surface area contributed by atoms with E-state index >= 15 is 0 Å². The van der Waals surface area contributed by atoms with Crippen molar-refractivity contribution in [2.45, 2.75) is 37.3 Å². The van der Waals surface area contributed by atoms with Gasteiger partial charge in [-0.3, -0.25) is 14.6 Å². The molecule has 14 heteroatoms. The predicted molar refractivity (Wildman–Crippen MR) is 117 cm³/mol. The Kier molecular flexibility index (Phi) is 5.39. The third-order valence-electron chi connectivity index (χ3n) is 6.61. The number of pyridine rings is 2. The van der Waals surface area contributed by atoms with Crippen molar-refractivity contribution in [2.24, 2.45) is 0 Å². The van der Waals surface area contributed by atoms with Crippen molar-refractivity contribution in [3.05, 3.63) is 41.9 Å². The number of nitrogen functional groups attached to an aromatic ring is 1. The normalized spacial score (nSPS) is 22.1. The van der Waals surface area contributed by atoms with Gasteiger partial charge in [-0.25, -0.2) is 8.91 Å². The molecule has 2 amide bonds. The predicted octanol–water partition coefficient (Wildman–Crippen LogP) is 1.23. The average Bonchev–Trinajstić information content (AvgIpc) is 3.38. The number of hydrogen-bond acceptors (Lipinski definition) is 7. The maximum Gasteiger partial charge on any atom is 0.426 e. The Morgan fingerprint density at radius 2 is 1.97 bits per heavy atom. The molecule has 3 N–H and O–H groups in total. The summed E-state index contributed by atoms with van der Waals surface area (Å²) < 4.78 is 55.7. The van der Waals surface area contributed by atoms with Gasteiger partial charge in [-0.15, -0.1) is 5.10 Å². The van der Waals surface area contributed by atoms with E-state index in [4.69, 9.17) is 5.73 Å². The summed E-state index contributed by atoms with van der Waals surface area (Å²) in [6.07, 6.45) is -3.45. The number of alkyl halides is 4. The van der Waals surface area contributed by atoms with Gasteiger partial charge in [0.1, 0.15) is 6.17 Å². The summed E-state index contributed by atoms with van der Waals surface area (Å²) in [6.45, 7) is -0.708. The summed E-state index contributed by atoms with van der Waals surface area (Å²) in [5.41, 5.74) is 4.47. The van der Waals surface area contributed by atoms with Gasteiger partial charge >= 0.3 is 6.18 Å². The van der Waals surface area contributed by atoms with Gasteiger partial charge in [0.15, 0.2) is 5.65 Å². The van der Waals surface area contributed by atoms with Crippen LogP contribution in [-0.4, -0.2) is 89.9 Å². The minimum Gasteiger partial charge on any atom is -0.373 e. The van der Waals surface area contributed by atoms with Crippen molar-refractivity contribution in [1.29, 1.82) is 0 Å². The summed E-state index contributed by atoms with van der Waals surface area (Å²) in [7, 11) is 0. The lowest BCUT2D eigenvalue weighted by Crippen LogP contribution is -2.56. The van der Waals surface area contributed by atoms with Crippen molar-refractivity contribution in [1.82, 2.24) is 29.4 Å². The van der Waals surface area contributed by atoms with Crippen LogP contribution in [0.25, 0.3) is 16.8 Å². The van der Waals surface area contributed by atoms with E-state index < -0.39 is 48.9 Å². The number of likely N-dealkylation sites (tertiary alicyclic amines) is 1. The molecule has 2 aliphatic rings. The van der Waals surface area contributed by atoms with E-state index in [1.54, 1.807) is 30.6 Å². The highest BCUT2D eigenvalue weighted by molar-refractivity contribution is 5.98. The molecule has 0 spiro atoms. The third kappa shape index (κ3) is 3.81. The van der Waals surface area contributed by atoms with Gasteiger partial charge in [-0.1, -0.05) is 0 Å². The number of rotatable bonds is 3. The van der Waals surface area contributed by atoms with E-state index in [2.05, 4.69) is 15.1 Å².